The zero-order valence-electron chi connectivity index (χ0n) is 12.1. The van der Waals surface area contributed by atoms with Crippen molar-refractivity contribution < 1.29 is 4.74 Å². The third kappa shape index (κ3) is 3.61. The average Bonchev–Trinajstić information content (AvgIpc) is 2.97. The van der Waals surface area contributed by atoms with Crippen molar-refractivity contribution >= 4 is 5.69 Å². The van der Waals surface area contributed by atoms with Gasteiger partial charge in [0.1, 0.15) is 5.75 Å². The van der Waals surface area contributed by atoms with Crippen LogP contribution in [-0.2, 0) is 6.54 Å². The van der Waals surface area contributed by atoms with Gasteiger partial charge >= 0.3 is 0 Å². The van der Waals surface area contributed by atoms with Crippen molar-refractivity contribution in [3.63, 3.8) is 0 Å². The fourth-order valence-electron chi connectivity index (χ4n) is 2.62. The van der Waals surface area contributed by atoms with E-state index >= 15 is 0 Å². The minimum absolute atomic E-state index is 0.563. The van der Waals surface area contributed by atoms with Gasteiger partial charge in [0.15, 0.2) is 0 Å². The van der Waals surface area contributed by atoms with E-state index in [1.165, 1.54) is 37.2 Å². The van der Waals surface area contributed by atoms with Gasteiger partial charge in [0.2, 0.25) is 0 Å². The molecule has 0 unspecified atom stereocenters. The van der Waals surface area contributed by atoms with Crippen LogP contribution >= 0.6 is 0 Å². The lowest BCUT2D eigenvalue weighted by Gasteiger charge is -2.25. The average molecular weight is 263 g/mol. The second kappa shape index (κ2) is 6.78. The van der Waals surface area contributed by atoms with Crippen molar-refractivity contribution in [1.82, 2.24) is 4.90 Å². The maximum absolute atomic E-state index is 5.82. The minimum atomic E-state index is 0.563. The van der Waals surface area contributed by atoms with Gasteiger partial charge in [0.05, 0.1) is 7.11 Å². The summed E-state index contributed by atoms with van der Waals surface area (Å²) in [6, 6.07) is 6.10. The molecule has 0 radical (unpaired) electrons. The van der Waals surface area contributed by atoms with Gasteiger partial charge in [-0.2, -0.15) is 0 Å². The van der Waals surface area contributed by atoms with Gasteiger partial charge in [-0.25, -0.2) is 0 Å². The predicted octanol–water partition coefficient (Wildman–Crippen LogP) is 1.69. The molecule has 19 heavy (non-hydrogen) atoms. The van der Waals surface area contributed by atoms with Crippen LogP contribution in [0.2, 0.25) is 0 Å². The number of rotatable bonds is 6. The second-order valence-electron chi connectivity index (χ2n) is 5.17. The quantitative estimate of drug-likeness (QED) is 0.848. The summed E-state index contributed by atoms with van der Waals surface area (Å²) in [5, 5.41) is 0. The molecule has 0 bridgehead atoms. The first-order valence-corrected chi connectivity index (χ1v) is 7.05. The molecule has 4 nitrogen and oxygen atoms in total. The highest BCUT2D eigenvalue weighted by atomic mass is 16.5. The van der Waals surface area contributed by atoms with Crippen LogP contribution in [0.4, 0.5) is 5.69 Å². The zero-order valence-corrected chi connectivity index (χ0v) is 12.1. The summed E-state index contributed by atoms with van der Waals surface area (Å²) in [7, 11) is 3.83. The molecule has 4 heteroatoms. The highest BCUT2D eigenvalue weighted by molar-refractivity contribution is 5.56. The van der Waals surface area contributed by atoms with Crippen molar-refractivity contribution in [2.45, 2.75) is 19.4 Å². The summed E-state index contributed by atoms with van der Waals surface area (Å²) in [6.07, 6.45) is 2.69. The number of hydrogen-bond acceptors (Lipinski definition) is 4. The molecule has 1 aromatic carbocycles. The summed E-state index contributed by atoms with van der Waals surface area (Å²) in [5.74, 6) is 0.889. The Balaban J connectivity index is 2.01. The third-order valence-corrected chi connectivity index (χ3v) is 3.87. The summed E-state index contributed by atoms with van der Waals surface area (Å²) in [5.41, 5.74) is 8.17. The standard InChI is InChI=1S/C15H25N3O/c1-17(9-10-18-7-3-4-8-18)15-11-14(19-2)6-5-13(15)12-16/h5-6,11H,3-4,7-10,12,16H2,1-2H3. The number of nitrogens with zero attached hydrogens (tertiary/aromatic N) is 2. The number of likely N-dealkylation sites (N-methyl/N-ethyl adjacent to an activating group) is 1. The van der Waals surface area contributed by atoms with Crippen LogP contribution in [0.15, 0.2) is 18.2 Å². The summed E-state index contributed by atoms with van der Waals surface area (Å²) >= 11 is 0. The van der Waals surface area contributed by atoms with Crippen molar-refractivity contribution in [1.29, 1.82) is 0 Å². The Morgan fingerprint density at radius 3 is 2.68 bits per heavy atom. The SMILES string of the molecule is COc1ccc(CN)c(N(C)CCN2CCCC2)c1. The first-order chi connectivity index (χ1) is 9.24. The summed E-state index contributed by atoms with van der Waals surface area (Å²) in [6.45, 7) is 5.21. The Kier molecular flexibility index (Phi) is 5.05. The molecule has 106 valence electrons. The Bertz CT molecular complexity index is 402. The van der Waals surface area contributed by atoms with Crippen molar-refractivity contribution in [2.24, 2.45) is 5.73 Å². The minimum Gasteiger partial charge on any atom is -0.497 e. The molecule has 1 saturated heterocycles. The smallest absolute Gasteiger partial charge is 0.120 e. The Hall–Kier alpha value is -1.26. The van der Waals surface area contributed by atoms with E-state index in [1.807, 2.05) is 6.07 Å². The van der Waals surface area contributed by atoms with Crippen LogP contribution in [0.25, 0.3) is 0 Å². The lowest BCUT2D eigenvalue weighted by Crippen LogP contribution is -2.32. The van der Waals surface area contributed by atoms with Crippen LogP contribution in [0.3, 0.4) is 0 Å². The third-order valence-electron chi connectivity index (χ3n) is 3.87. The molecule has 1 aliphatic rings. The number of hydrogen-bond donors (Lipinski definition) is 1. The maximum atomic E-state index is 5.82. The molecular weight excluding hydrogens is 238 g/mol. The first kappa shape index (κ1) is 14.2. The number of anilines is 1. The Morgan fingerprint density at radius 2 is 2.05 bits per heavy atom. The van der Waals surface area contributed by atoms with E-state index in [4.69, 9.17) is 10.5 Å². The molecule has 1 fully saturated rings. The van der Waals surface area contributed by atoms with Crippen molar-refractivity contribution in [3.8, 4) is 5.75 Å². The van der Waals surface area contributed by atoms with Crippen molar-refractivity contribution in [2.75, 3.05) is 45.2 Å². The maximum Gasteiger partial charge on any atom is 0.120 e. The largest absolute Gasteiger partial charge is 0.497 e. The highest BCUT2D eigenvalue weighted by Gasteiger charge is 2.13. The van der Waals surface area contributed by atoms with Gasteiger partial charge in [-0.1, -0.05) is 6.07 Å². The van der Waals surface area contributed by atoms with E-state index in [0.717, 1.165) is 18.8 Å². The molecule has 0 saturated carbocycles. The van der Waals surface area contributed by atoms with E-state index in [9.17, 15) is 0 Å². The van der Waals surface area contributed by atoms with E-state index in [1.54, 1.807) is 7.11 Å². The Labute approximate surface area is 116 Å². The molecule has 2 N–H and O–H groups in total. The number of methoxy groups -OCH3 is 1. The molecular formula is C15H25N3O. The molecule has 0 spiro atoms. The van der Waals surface area contributed by atoms with Gasteiger partial charge in [-0.15, -0.1) is 0 Å². The number of likely N-dealkylation sites (tertiary alicyclic amines) is 1. The van der Waals surface area contributed by atoms with Crippen LogP contribution in [0, 0.1) is 0 Å². The summed E-state index contributed by atoms with van der Waals surface area (Å²) < 4.78 is 5.30. The van der Waals surface area contributed by atoms with E-state index in [0.29, 0.717) is 6.54 Å². The van der Waals surface area contributed by atoms with E-state index in [2.05, 4.69) is 29.0 Å². The number of benzene rings is 1. The number of nitrogens with two attached hydrogens (primary N) is 1. The lowest BCUT2D eigenvalue weighted by molar-refractivity contribution is 0.346. The molecule has 1 aromatic rings. The topological polar surface area (TPSA) is 41.7 Å². The van der Waals surface area contributed by atoms with Crippen LogP contribution < -0.4 is 15.4 Å². The van der Waals surface area contributed by atoms with Gasteiger partial charge in [-0.3, -0.25) is 0 Å². The predicted molar refractivity (Wildman–Crippen MR) is 79.8 cm³/mol. The van der Waals surface area contributed by atoms with Gasteiger partial charge < -0.3 is 20.3 Å². The molecule has 1 aliphatic heterocycles. The summed E-state index contributed by atoms with van der Waals surface area (Å²) in [4.78, 5) is 4.81. The van der Waals surface area contributed by atoms with Crippen LogP contribution in [0.5, 0.6) is 5.75 Å². The normalized spacial score (nSPS) is 15.7. The van der Waals surface area contributed by atoms with Crippen molar-refractivity contribution in [3.05, 3.63) is 23.8 Å². The van der Waals surface area contributed by atoms with Crippen LogP contribution in [0.1, 0.15) is 18.4 Å². The van der Waals surface area contributed by atoms with Gasteiger partial charge in [0.25, 0.3) is 0 Å². The lowest BCUT2D eigenvalue weighted by atomic mass is 10.1. The van der Waals surface area contributed by atoms with Gasteiger partial charge in [-0.05, 0) is 37.6 Å². The molecule has 0 aromatic heterocycles. The molecule has 2 rings (SSSR count). The molecule has 0 atom stereocenters. The van der Waals surface area contributed by atoms with Gasteiger partial charge in [0, 0.05) is 38.4 Å². The van der Waals surface area contributed by atoms with E-state index in [-0.39, 0.29) is 0 Å². The Morgan fingerprint density at radius 1 is 1.32 bits per heavy atom. The molecule has 1 heterocycles. The molecule has 0 aliphatic carbocycles. The zero-order chi connectivity index (χ0) is 13.7. The highest BCUT2D eigenvalue weighted by Crippen LogP contribution is 2.25. The number of ether oxygens (including phenoxy) is 1. The first-order valence-electron chi connectivity index (χ1n) is 7.05. The molecule has 0 amide bonds. The monoisotopic (exact) mass is 263 g/mol. The second-order valence-corrected chi connectivity index (χ2v) is 5.17. The van der Waals surface area contributed by atoms with Crippen LogP contribution in [-0.4, -0.2) is 45.2 Å². The fourth-order valence-corrected chi connectivity index (χ4v) is 2.62. The van der Waals surface area contributed by atoms with E-state index < -0.39 is 0 Å². The fraction of sp³-hybridized carbons (Fsp3) is 0.600.